The van der Waals surface area contributed by atoms with Gasteiger partial charge in [0.2, 0.25) is 0 Å². The smallest absolute Gasteiger partial charge is 0.253 e. The quantitative estimate of drug-likeness (QED) is 0.892. The van der Waals surface area contributed by atoms with Crippen molar-refractivity contribution in [3.8, 4) is 0 Å². The molecule has 1 aromatic heterocycles. The lowest BCUT2D eigenvalue weighted by molar-refractivity contribution is 0.0554. The lowest BCUT2D eigenvalue weighted by atomic mass is 10.1. The number of piperazine rings is 1. The van der Waals surface area contributed by atoms with Gasteiger partial charge in [0.1, 0.15) is 0 Å². The average molecular weight is 328 g/mol. The zero-order chi connectivity index (χ0) is 16.9. The van der Waals surface area contributed by atoms with Gasteiger partial charge in [-0.1, -0.05) is 12.1 Å². The van der Waals surface area contributed by atoms with Crippen molar-refractivity contribution in [1.29, 1.82) is 0 Å². The SMILES string of the molecule is C[C@H](O)CN1CCN(C(=O)c2cccc(Cn3ccnc3)c2)CC1. The van der Waals surface area contributed by atoms with Crippen molar-refractivity contribution in [3.63, 3.8) is 0 Å². The first-order chi connectivity index (χ1) is 11.6. The summed E-state index contributed by atoms with van der Waals surface area (Å²) in [6.07, 6.45) is 5.11. The summed E-state index contributed by atoms with van der Waals surface area (Å²) in [5.74, 6) is 0.0826. The van der Waals surface area contributed by atoms with Crippen molar-refractivity contribution >= 4 is 5.91 Å². The molecule has 1 aliphatic heterocycles. The topological polar surface area (TPSA) is 61.6 Å². The van der Waals surface area contributed by atoms with Crippen molar-refractivity contribution < 1.29 is 9.90 Å². The molecule has 0 radical (unpaired) electrons. The molecule has 24 heavy (non-hydrogen) atoms. The van der Waals surface area contributed by atoms with E-state index in [9.17, 15) is 9.90 Å². The highest BCUT2D eigenvalue weighted by Gasteiger charge is 2.22. The van der Waals surface area contributed by atoms with E-state index in [1.165, 1.54) is 0 Å². The number of rotatable bonds is 5. The molecule has 1 saturated heterocycles. The number of carbonyl (C=O) groups excluding carboxylic acids is 1. The summed E-state index contributed by atoms with van der Waals surface area (Å²) in [4.78, 5) is 20.9. The molecule has 2 aromatic rings. The number of aliphatic hydroxyl groups is 1. The van der Waals surface area contributed by atoms with E-state index in [0.717, 1.165) is 24.2 Å². The Balaban J connectivity index is 1.61. The number of hydrogen-bond donors (Lipinski definition) is 1. The van der Waals surface area contributed by atoms with E-state index in [2.05, 4.69) is 9.88 Å². The molecule has 1 atom stereocenters. The van der Waals surface area contributed by atoms with Crippen LogP contribution in [0.15, 0.2) is 43.0 Å². The number of aliphatic hydroxyl groups excluding tert-OH is 1. The van der Waals surface area contributed by atoms with Gasteiger partial charge in [0.05, 0.1) is 12.4 Å². The van der Waals surface area contributed by atoms with Crippen LogP contribution in [0.2, 0.25) is 0 Å². The minimum Gasteiger partial charge on any atom is -0.392 e. The van der Waals surface area contributed by atoms with Crippen molar-refractivity contribution in [2.75, 3.05) is 32.7 Å². The van der Waals surface area contributed by atoms with Crippen LogP contribution in [-0.4, -0.2) is 69.2 Å². The average Bonchev–Trinajstić information content (AvgIpc) is 3.07. The molecule has 0 aliphatic carbocycles. The molecule has 0 unspecified atom stereocenters. The van der Waals surface area contributed by atoms with Gasteiger partial charge in [0.25, 0.3) is 5.91 Å². The van der Waals surface area contributed by atoms with Crippen LogP contribution in [-0.2, 0) is 6.54 Å². The Morgan fingerprint density at radius 2 is 2.08 bits per heavy atom. The standard InChI is InChI=1S/C18H24N4O2/c1-15(23)12-20-7-9-22(10-8-20)18(24)17-4-2-3-16(11-17)13-21-6-5-19-14-21/h2-6,11,14-15,23H,7-10,12-13H2,1H3/t15-/m0/s1. The zero-order valence-electron chi connectivity index (χ0n) is 14.0. The third-order valence-electron chi connectivity index (χ3n) is 4.28. The molecule has 3 rings (SSSR count). The molecule has 0 saturated carbocycles. The molecule has 6 heteroatoms. The highest BCUT2D eigenvalue weighted by Crippen LogP contribution is 2.12. The zero-order valence-corrected chi connectivity index (χ0v) is 14.0. The molecule has 0 spiro atoms. The van der Waals surface area contributed by atoms with Gasteiger partial charge >= 0.3 is 0 Å². The minimum absolute atomic E-state index is 0.0826. The van der Waals surface area contributed by atoms with Gasteiger partial charge in [0.15, 0.2) is 0 Å². The van der Waals surface area contributed by atoms with E-state index in [4.69, 9.17) is 0 Å². The van der Waals surface area contributed by atoms with Crippen LogP contribution in [0.3, 0.4) is 0 Å². The van der Waals surface area contributed by atoms with Crippen LogP contribution < -0.4 is 0 Å². The lowest BCUT2D eigenvalue weighted by Gasteiger charge is -2.35. The van der Waals surface area contributed by atoms with E-state index in [1.54, 1.807) is 19.4 Å². The number of β-amino-alcohol motifs (C(OH)–C–C–N with tert-alkyl or cyclic N) is 1. The Morgan fingerprint density at radius 1 is 1.29 bits per heavy atom. The molecule has 1 aromatic carbocycles. The number of imidazole rings is 1. The van der Waals surface area contributed by atoms with Gasteiger partial charge in [-0.3, -0.25) is 9.69 Å². The highest BCUT2D eigenvalue weighted by molar-refractivity contribution is 5.94. The first kappa shape index (κ1) is 16.7. The number of amides is 1. The largest absolute Gasteiger partial charge is 0.392 e. The molecule has 1 amide bonds. The Bertz CT molecular complexity index is 661. The van der Waals surface area contributed by atoms with Gasteiger partial charge in [-0.25, -0.2) is 4.98 Å². The molecular weight excluding hydrogens is 304 g/mol. The van der Waals surface area contributed by atoms with Crippen molar-refractivity contribution in [1.82, 2.24) is 19.4 Å². The molecule has 1 aliphatic rings. The second kappa shape index (κ2) is 7.59. The van der Waals surface area contributed by atoms with Gasteiger partial charge in [-0.15, -0.1) is 0 Å². The van der Waals surface area contributed by atoms with Crippen molar-refractivity contribution in [3.05, 3.63) is 54.1 Å². The fourth-order valence-corrected chi connectivity index (χ4v) is 3.08. The first-order valence-corrected chi connectivity index (χ1v) is 8.36. The number of benzene rings is 1. The molecule has 6 nitrogen and oxygen atoms in total. The van der Waals surface area contributed by atoms with E-state index in [0.29, 0.717) is 26.2 Å². The van der Waals surface area contributed by atoms with Crippen LogP contribution in [0.25, 0.3) is 0 Å². The van der Waals surface area contributed by atoms with Gasteiger partial charge < -0.3 is 14.6 Å². The Morgan fingerprint density at radius 3 is 2.75 bits per heavy atom. The molecule has 0 bridgehead atoms. The summed E-state index contributed by atoms with van der Waals surface area (Å²) in [5.41, 5.74) is 1.82. The summed E-state index contributed by atoms with van der Waals surface area (Å²) in [6.45, 7) is 6.21. The van der Waals surface area contributed by atoms with E-state index >= 15 is 0 Å². The maximum absolute atomic E-state index is 12.7. The summed E-state index contributed by atoms with van der Waals surface area (Å²) in [7, 11) is 0. The maximum Gasteiger partial charge on any atom is 0.253 e. The second-order valence-corrected chi connectivity index (χ2v) is 6.38. The summed E-state index contributed by atoms with van der Waals surface area (Å²) >= 11 is 0. The van der Waals surface area contributed by atoms with Gasteiger partial charge in [-0.05, 0) is 24.6 Å². The first-order valence-electron chi connectivity index (χ1n) is 8.36. The maximum atomic E-state index is 12.7. The summed E-state index contributed by atoms with van der Waals surface area (Å²) in [6, 6.07) is 7.80. The van der Waals surface area contributed by atoms with Gasteiger partial charge in [0, 0.05) is 57.2 Å². The third-order valence-corrected chi connectivity index (χ3v) is 4.28. The summed E-state index contributed by atoms with van der Waals surface area (Å²) in [5, 5.41) is 9.47. The predicted molar refractivity (Wildman–Crippen MR) is 91.8 cm³/mol. The van der Waals surface area contributed by atoms with Crippen molar-refractivity contribution in [2.45, 2.75) is 19.6 Å². The Hall–Kier alpha value is -2.18. The monoisotopic (exact) mass is 328 g/mol. The number of hydrogen-bond acceptors (Lipinski definition) is 4. The molecule has 1 N–H and O–H groups in total. The Kier molecular flexibility index (Phi) is 5.27. The summed E-state index contributed by atoms with van der Waals surface area (Å²) < 4.78 is 1.98. The minimum atomic E-state index is -0.327. The number of nitrogens with zero attached hydrogens (tertiary/aromatic N) is 4. The molecule has 128 valence electrons. The van der Waals surface area contributed by atoms with E-state index < -0.39 is 0 Å². The fourth-order valence-electron chi connectivity index (χ4n) is 3.08. The van der Waals surface area contributed by atoms with Crippen LogP contribution in [0.1, 0.15) is 22.8 Å². The van der Waals surface area contributed by atoms with E-state index in [-0.39, 0.29) is 12.0 Å². The van der Waals surface area contributed by atoms with Crippen LogP contribution in [0.4, 0.5) is 0 Å². The number of aromatic nitrogens is 2. The second-order valence-electron chi connectivity index (χ2n) is 6.38. The van der Waals surface area contributed by atoms with E-state index in [1.807, 2.05) is 39.9 Å². The molecule has 1 fully saturated rings. The van der Waals surface area contributed by atoms with Crippen LogP contribution >= 0.6 is 0 Å². The highest BCUT2D eigenvalue weighted by atomic mass is 16.3. The fraction of sp³-hybridized carbons (Fsp3) is 0.444. The lowest BCUT2D eigenvalue weighted by Crippen LogP contribution is -2.50. The normalized spacial score (nSPS) is 17.0. The van der Waals surface area contributed by atoms with Crippen LogP contribution in [0, 0.1) is 0 Å². The van der Waals surface area contributed by atoms with Gasteiger partial charge in [-0.2, -0.15) is 0 Å². The number of carbonyl (C=O) groups is 1. The Labute approximate surface area is 142 Å². The molecule has 2 heterocycles. The molecular formula is C18H24N4O2. The van der Waals surface area contributed by atoms with Crippen molar-refractivity contribution in [2.24, 2.45) is 0 Å². The van der Waals surface area contributed by atoms with Crippen LogP contribution in [0.5, 0.6) is 0 Å². The predicted octanol–water partition coefficient (Wildman–Crippen LogP) is 1.07. The third kappa shape index (κ3) is 4.21.